The normalized spacial score (nSPS) is 9.62. The molecule has 4 N–H and O–H groups in total. The highest BCUT2D eigenvalue weighted by Crippen LogP contribution is 2.16. The second-order valence-electron chi connectivity index (χ2n) is 4.42. The second-order valence-corrected chi connectivity index (χ2v) is 4.42. The maximum absolute atomic E-state index is 11.6. The zero-order valence-electron chi connectivity index (χ0n) is 11.8. The van der Waals surface area contributed by atoms with Crippen LogP contribution in [0.25, 0.3) is 0 Å². The molecule has 114 valence electrons. The molecule has 3 amide bonds. The van der Waals surface area contributed by atoms with Crippen molar-refractivity contribution in [3.63, 3.8) is 0 Å². The van der Waals surface area contributed by atoms with Crippen molar-refractivity contribution in [2.24, 2.45) is 0 Å². The molecule has 8 nitrogen and oxygen atoms in total. The molecule has 0 aliphatic heterocycles. The van der Waals surface area contributed by atoms with E-state index in [2.05, 4.69) is 16.0 Å². The molecule has 8 heteroatoms. The Bertz CT molecular complexity index is 531. The molecule has 0 fully saturated rings. The monoisotopic (exact) mass is 294 g/mol. The average molecular weight is 294 g/mol. The first-order chi connectivity index (χ1) is 9.88. The molecule has 1 aromatic carbocycles. The number of benzene rings is 1. The van der Waals surface area contributed by atoms with Gasteiger partial charge in [-0.15, -0.1) is 0 Å². The SMILES string of the molecule is CN(C)c1cccc(NC(=O)NCC(=O)NCC(=O)O)c1. The van der Waals surface area contributed by atoms with E-state index in [9.17, 15) is 14.4 Å². The summed E-state index contributed by atoms with van der Waals surface area (Å²) in [6.07, 6.45) is 0. The maximum Gasteiger partial charge on any atom is 0.322 e. The Hall–Kier alpha value is -2.77. The van der Waals surface area contributed by atoms with E-state index in [0.717, 1.165) is 5.69 Å². The number of amides is 3. The number of anilines is 2. The number of carbonyl (C=O) groups excluding carboxylic acids is 2. The molecule has 0 bridgehead atoms. The zero-order valence-corrected chi connectivity index (χ0v) is 11.8. The molecule has 0 radical (unpaired) electrons. The van der Waals surface area contributed by atoms with E-state index in [4.69, 9.17) is 5.11 Å². The Morgan fingerprint density at radius 3 is 2.48 bits per heavy atom. The van der Waals surface area contributed by atoms with Gasteiger partial charge in [-0.2, -0.15) is 0 Å². The third-order valence-electron chi connectivity index (χ3n) is 2.47. The van der Waals surface area contributed by atoms with Crippen LogP contribution in [0.1, 0.15) is 0 Å². The molecule has 0 spiro atoms. The summed E-state index contributed by atoms with van der Waals surface area (Å²) in [4.78, 5) is 35.0. The number of rotatable bonds is 6. The Kier molecular flexibility index (Phi) is 5.99. The predicted octanol–water partition coefficient (Wildman–Crippen LogP) is 0.0749. The van der Waals surface area contributed by atoms with E-state index < -0.39 is 24.5 Å². The predicted molar refractivity (Wildman–Crippen MR) is 78.4 cm³/mol. The van der Waals surface area contributed by atoms with Crippen molar-refractivity contribution in [3.8, 4) is 0 Å². The van der Waals surface area contributed by atoms with Gasteiger partial charge in [0, 0.05) is 25.5 Å². The first kappa shape index (κ1) is 16.3. The quantitative estimate of drug-likeness (QED) is 0.593. The number of nitrogens with one attached hydrogen (secondary N) is 3. The van der Waals surface area contributed by atoms with Gasteiger partial charge in [0.25, 0.3) is 0 Å². The van der Waals surface area contributed by atoms with Crippen LogP contribution in [0.2, 0.25) is 0 Å². The molecule has 0 heterocycles. The fourth-order valence-electron chi connectivity index (χ4n) is 1.43. The van der Waals surface area contributed by atoms with E-state index in [-0.39, 0.29) is 6.54 Å². The fraction of sp³-hybridized carbons (Fsp3) is 0.308. The maximum atomic E-state index is 11.6. The molecule has 21 heavy (non-hydrogen) atoms. The van der Waals surface area contributed by atoms with Gasteiger partial charge < -0.3 is 26.0 Å². The molecule has 0 unspecified atom stereocenters. The molecule has 0 aliphatic carbocycles. The zero-order chi connectivity index (χ0) is 15.8. The van der Waals surface area contributed by atoms with Crippen molar-refractivity contribution >= 4 is 29.3 Å². The highest BCUT2D eigenvalue weighted by atomic mass is 16.4. The molecule has 0 aliphatic rings. The number of nitrogens with zero attached hydrogens (tertiary/aromatic N) is 1. The van der Waals surface area contributed by atoms with Gasteiger partial charge in [0.05, 0.1) is 6.54 Å². The van der Waals surface area contributed by atoms with Gasteiger partial charge in [-0.05, 0) is 18.2 Å². The smallest absolute Gasteiger partial charge is 0.322 e. The van der Waals surface area contributed by atoms with E-state index in [0.29, 0.717) is 5.69 Å². The number of carboxylic acid groups (broad SMARTS) is 1. The summed E-state index contributed by atoms with van der Waals surface area (Å²) in [5.74, 6) is -1.72. The summed E-state index contributed by atoms with van der Waals surface area (Å²) in [5.41, 5.74) is 1.51. The summed E-state index contributed by atoms with van der Waals surface area (Å²) in [6, 6.07) is 6.64. The van der Waals surface area contributed by atoms with Crippen LogP contribution < -0.4 is 20.9 Å². The standard InChI is InChI=1S/C13H18N4O4/c1-17(2)10-5-3-4-9(6-10)16-13(21)15-7-11(18)14-8-12(19)20/h3-6H,7-8H2,1-2H3,(H,14,18)(H,19,20)(H2,15,16,21). The number of hydrogen-bond donors (Lipinski definition) is 4. The Morgan fingerprint density at radius 1 is 1.14 bits per heavy atom. The lowest BCUT2D eigenvalue weighted by Crippen LogP contribution is -2.40. The topological polar surface area (TPSA) is 111 Å². The molecule has 1 rings (SSSR count). The minimum Gasteiger partial charge on any atom is -0.480 e. The highest BCUT2D eigenvalue weighted by molar-refractivity contribution is 5.93. The number of urea groups is 1. The summed E-state index contributed by atoms with van der Waals surface area (Å²) in [6.45, 7) is -0.778. The Morgan fingerprint density at radius 2 is 1.86 bits per heavy atom. The summed E-state index contributed by atoms with van der Waals surface area (Å²) < 4.78 is 0. The molecule has 0 atom stereocenters. The Balaban J connectivity index is 2.42. The summed E-state index contributed by atoms with van der Waals surface area (Å²) in [7, 11) is 3.76. The third-order valence-corrected chi connectivity index (χ3v) is 2.47. The van der Waals surface area contributed by atoms with Crippen LogP contribution in [-0.4, -0.2) is 50.2 Å². The van der Waals surface area contributed by atoms with Gasteiger partial charge in [-0.3, -0.25) is 9.59 Å². The van der Waals surface area contributed by atoms with Crippen LogP contribution in [0.5, 0.6) is 0 Å². The van der Waals surface area contributed by atoms with Crippen LogP contribution >= 0.6 is 0 Å². The minimum atomic E-state index is -1.15. The lowest BCUT2D eigenvalue weighted by atomic mass is 10.2. The molecule has 1 aromatic rings. The summed E-state index contributed by atoms with van der Waals surface area (Å²) in [5, 5.41) is 15.4. The number of carboxylic acids is 1. The van der Waals surface area contributed by atoms with Gasteiger partial charge in [-0.25, -0.2) is 4.79 Å². The fourth-order valence-corrected chi connectivity index (χ4v) is 1.43. The van der Waals surface area contributed by atoms with Crippen molar-refractivity contribution in [2.45, 2.75) is 0 Å². The van der Waals surface area contributed by atoms with Crippen molar-refractivity contribution in [1.82, 2.24) is 10.6 Å². The molecule has 0 saturated heterocycles. The van der Waals surface area contributed by atoms with Crippen LogP contribution in [0, 0.1) is 0 Å². The van der Waals surface area contributed by atoms with Gasteiger partial charge >= 0.3 is 12.0 Å². The van der Waals surface area contributed by atoms with E-state index >= 15 is 0 Å². The van der Waals surface area contributed by atoms with Crippen LogP contribution in [-0.2, 0) is 9.59 Å². The average Bonchev–Trinajstić information content (AvgIpc) is 2.43. The van der Waals surface area contributed by atoms with Crippen molar-refractivity contribution < 1.29 is 19.5 Å². The third kappa shape index (κ3) is 6.28. The lowest BCUT2D eigenvalue weighted by Gasteiger charge is -2.14. The van der Waals surface area contributed by atoms with E-state index in [1.165, 1.54) is 0 Å². The first-order valence-corrected chi connectivity index (χ1v) is 6.19. The number of aliphatic carboxylic acids is 1. The van der Waals surface area contributed by atoms with Crippen molar-refractivity contribution in [1.29, 1.82) is 0 Å². The van der Waals surface area contributed by atoms with Gasteiger partial charge in [-0.1, -0.05) is 6.07 Å². The van der Waals surface area contributed by atoms with Gasteiger partial charge in [0.2, 0.25) is 5.91 Å². The first-order valence-electron chi connectivity index (χ1n) is 6.19. The second kappa shape index (κ2) is 7.73. The number of carbonyl (C=O) groups is 3. The Labute approximate surface area is 122 Å². The van der Waals surface area contributed by atoms with E-state index in [1.807, 2.05) is 25.1 Å². The summed E-state index contributed by atoms with van der Waals surface area (Å²) >= 11 is 0. The van der Waals surface area contributed by atoms with Crippen LogP contribution in [0.3, 0.4) is 0 Å². The van der Waals surface area contributed by atoms with E-state index in [1.54, 1.807) is 18.2 Å². The van der Waals surface area contributed by atoms with Crippen LogP contribution in [0.4, 0.5) is 16.2 Å². The molecular weight excluding hydrogens is 276 g/mol. The van der Waals surface area contributed by atoms with Crippen molar-refractivity contribution in [2.75, 3.05) is 37.4 Å². The minimum absolute atomic E-state index is 0.299. The molecule has 0 saturated carbocycles. The molecule has 0 aromatic heterocycles. The lowest BCUT2D eigenvalue weighted by molar-refractivity contribution is -0.137. The van der Waals surface area contributed by atoms with Gasteiger partial charge in [0.15, 0.2) is 0 Å². The number of hydrogen-bond acceptors (Lipinski definition) is 4. The highest BCUT2D eigenvalue weighted by Gasteiger charge is 2.07. The van der Waals surface area contributed by atoms with Crippen LogP contribution in [0.15, 0.2) is 24.3 Å². The van der Waals surface area contributed by atoms with Crippen molar-refractivity contribution in [3.05, 3.63) is 24.3 Å². The molecular formula is C13H18N4O4. The van der Waals surface area contributed by atoms with Gasteiger partial charge in [0.1, 0.15) is 6.54 Å². The largest absolute Gasteiger partial charge is 0.480 e.